The predicted octanol–water partition coefficient (Wildman–Crippen LogP) is 1.69. The standard InChI is InChI=1S/C20H20N2O7S3/c1-10(23)28-8-12-9-32-18-13(17(25)22(18)14(12)19(26)27)21-16(24)15(29-20(30)31-2)11-6-4-3-5-7-11/h3-7,13,15,18H,8-9H2,1-2H3,(H,21,24)(H,26,27)/t13-,15?,18?/m0/s1. The van der Waals surface area contributed by atoms with Crippen molar-refractivity contribution >= 4 is 63.9 Å². The molecular formula is C20H20N2O7S3. The monoisotopic (exact) mass is 496 g/mol. The zero-order valence-corrected chi connectivity index (χ0v) is 19.6. The van der Waals surface area contributed by atoms with Crippen LogP contribution in [0.25, 0.3) is 0 Å². The molecule has 2 heterocycles. The number of aliphatic carboxylic acids is 1. The van der Waals surface area contributed by atoms with Crippen LogP contribution in [0.4, 0.5) is 0 Å². The molecule has 1 aromatic carbocycles. The van der Waals surface area contributed by atoms with Gasteiger partial charge in [-0.1, -0.05) is 42.1 Å². The molecule has 0 bridgehead atoms. The van der Waals surface area contributed by atoms with Crippen molar-refractivity contribution in [3.63, 3.8) is 0 Å². The van der Waals surface area contributed by atoms with Crippen LogP contribution >= 0.6 is 35.7 Å². The summed E-state index contributed by atoms with van der Waals surface area (Å²) in [6.07, 6.45) is 0.669. The van der Waals surface area contributed by atoms with E-state index < -0.39 is 41.3 Å². The maximum Gasteiger partial charge on any atom is 0.352 e. The van der Waals surface area contributed by atoms with Crippen molar-refractivity contribution in [1.82, 2.24) is 10.2 Å². The minimum atomic E-state index is -1.30. The summed E-state index contributed by atoms with van der Waals surface area (Å²) in [5.74, 6) is -2.73. The number of hydrogen-bond acceptors (Lipinski definition) is 9. The summed E-state index contributed by atoms with van der Waals surface area (Å²) in [7, 11) is 0. The van der Waals surface area contributed by atoms with Gasteiger partial charge in [-0.25, -0.2) is 4.79 Å². The number of amides is 2. The third-order valence-electron chi connectivity index (χ3n) is 4.72. The van der Waals surface area contributed by atoms with E-state index in [-0.39, 0.29) is 22.4 Å². The number of carbonyl (C=O) groups is 4. The normalized spacial score (nSPS) is 20.6. The molecule has 0 spiro atoms. The Hall–Kier alpha value is -2.57. The Balaban J connectivity index is 1.77. The summed E-state index contributed by atoms with van der Waals surface area (Å²) in [4.78, 5) is 49.8. The summed E-state index contributed by atoms with van der Waals surface area (Å²) < 4.78 is 10.7. The Kier molecular flexibility index (Phi) is 7.80. The first-order chi connectivity index (χ1) is 15.2. The minimum Gasteiger partial charge on any atom is -0.477 e. The molecule has 2 amide bonds. The third kappa shape index (κ3) is 5.08. The number of esters is 1. The van der Waals surface area contributed by atoms with Crippen LogP contribution in [0.5, 0.6) is 0 Å². The number of carboxylic acid groups (broad SMARTS) is 1. The van der Waals surface area contributed by atoms with Gasteiger partial charge in [-0.15, -0.1) is 11.8 Å². The molecule has 0 saturated carbocycles. The lowest BCUT2D eigenvalue weighted by Crippen LogP contribution is -2.71. The predicted molar refractivity (Wildman–Crippen MR) is 123 cm³/mol. The highest BCUT2D eigenvalue weighted by Gasteiger charge is 2.54. The molecule has 12 heteroatoms. The van der Waals surface area contributed by atoms with Crippen molar-refractivity contribution in [1.29, 1.82) is 0 Å². The van der Waals surface area contributed by atoms with Crippen LogP contribution in [0.1, 0.15) is 18.6 Å². The Morgan fingerprint density at radius 1 is 1.34 bits per heavy atom. The first-order valence-corrected chi connectivity index (χ1v) is 12.1. The zero-order chi connectivity index (χ0) is 23.4. The van der Waals surface area contributed by atoms with Crippen LogP contribution in [0, 0.1) is 0 Å². The first kappa shape index (κ1) is 24.1. The fourth-order valence-electron chi connectivity index (χ4n) is 3.26. The largest absolute Gasteiger partial charge is 0.477 e. The maximum absolute atomic E-state index is 13.0. The first-order valence-electron chi connectivity index (χ1n) is 9.37. The van der Waals surface area contributed by atoms with E-state index >= 15 is 0 Å². The number of ether oxygens (including phenoxy) is 2. The highest BCUT2D eigenvalue weighted by atomic mass is 32.2. The van der Waals surface area contributed by atoms with Gasteiger partial charge >= 0.3 is 11.9 Å². The van der Waals surface area contributed by atoms with Gasteiger partial charge < -0.3 is 19.9 Å². The Labute approximate surface area is 197 Å². The molecule has 2 aliphatic rings. The smallest absolute Gasteiger partial charge is 0.352 e. The highest BCUT2D eigenvalue weighted by Crippen LogP contribution is 2.40. The molecule has 170 valence electrons. The number of nitrogens with one attached hydrogen (secondary N) is 1. The lowest BCUT2D eigenvalue weighted by atomic mass is 10.0. The van der Waals surface area contributed by atoms with Crippen molar-refractivity contribution in [2.24, 2.45) is 0 Å². The summed E-state index contributed by atoms with van der Waals surface area (Å²) in [6, 6.07) is 7.81. The van der Waals surface area contributed by atoms with E-state index in [1.54, 1.807) is 36.6 Å². The second-order valence-electron chi connectivity index (χ2n) is 6.80. The molecule has 9 nitrogen and oxygen atoms in total. The Bertz CT molecular complexity index is 983. The average Bonchev–Trinajstić information content (AvgIpc) is 2.78. The van der Waals surface area contributed by atoms with Crippen molar-refractivity contribution < 1.29 is 33.8 Å². The lowest BCUT2D eigenvalue weighted by Gasteiger charge is -2.49. The summed E-state index contributed by atoms with van der Waals surface area (Å²) in [6.45, 7) is 1.00. The van der Waals surface area contributed by atoms with Crippen LogP contribution in [-0.2, 0) is 28.7 Å². The number of carboxylic acids is 1. The van der Waals surface area contributed by atoms with Gasteiger partial charge in [0.25, 0.3) is 11.8 Å². The summed E-state index contributed by atoms with van der Waals surface area (Å²) in [5.41, 5.74) is 0.670. The van der Waals surface area contributed by atoms with Gasteiger partial charge in [0.1, 0.15) is 23.7 Å². The van der Waals surface area contributed by atoms with E-state index in [0.29, 0.717) is 11.1 Å². The molecule has 32 heavy (non-hydrogen) atoms. The second-order valence-corrected chi connectivity index (χ2v) is 9.31. The number of β-lactam (4-membered cyclic amide) rings is 1. The molecule has 2 N–H and O–H groups in total. The van der Waals surface area contributed by atoms with Crippen LogP contribution in [0.15, 0.2) is 41.6 Å². The van der Waals surface area contributed by atoms with Gasteiger partial charge in [0.05, 0.1) is 0 Å². The van der Waals surface area contributed by atoms with E-state index in [1.807, 2.05) is 0 Å². The van der Waals surface area contributed by atoms with Gasteiger partial charge in [0, 0.05) is 23.8 Å². The average molecular weight is 497 g/mol. The topological polar surface area (TPSA) is 122 Å². The van der Waals surface area contributed by atoms with Crippen LogP contribution in [-0.4, -0.2) is 68.2 Å². The fraction of sp³-hybridized carbons (Fsp3) is 0.350. The Morgan fingerprint density at radius 2 is 2.03 bits per heavy atom. The molecule has 0 aliphatic carbocycles. The lowest BCUT2D eigenvalue weighted by molar-refractivity contribution is -0.151. The molecule has 3 atom stereocenters. The molecule has 1 saturated heterocycles. The number of rotatable bonds is 7. The van der Waals surface area contributed by atoms with E-state index in [9.17, 15) is 24.3 Å². The molecule has 0 aromatic heterocycles. The summed E-state index contributed by atoms with van der Waals surface area (Å²) in [5, 5.41) is 11.7. The van der Waals surface area contributed by atoms with Crippen molar-refractivity contribution in [2.45, 2.75) is 24.4 Å². The van der Waals surface area contributed by atoms with Gasteiger partial charge in [0.15, 0.2) is 0 Å². The second kappa shape index (κ2) is 10.4. The van der Waals surface area contributed by atoms with Gasteiger partial charge in [-0.3, -0.25) is 19.3 Å². The zero-order valence-electron chi connectivity index (χ0n) is 17.1. The molecule has 3 rings (SSSR count). The molecule has 1 fully saturated rings. The van der Waals surface area contributed by atoms with E-state index in [0.717, 1.165) is 4.90 Å². The third-order valence-corrected chi connectivity index (χ3v) is 7.08. The maximum atomic E-state index is 13.0. The molecule has 0 radical (unpaired) electrons. The van der Waals surface area contributed by atoms with Crippen LogP contribution in [0.2, 0.25) is 0 Å². The van der Waals surface area contributed by atoms with Crippen LogP contribution in [0.3, 0.4) is 0 Å². The number of thioether (sulfide) groups is 2. The van der Waals surface area contributed by atoms with Crippen LogP contribution < -0.4 is 5.32 Å². The fourth-order valence-corrected chi connectivity index (χ4v) is 4.87. The van der Waals surface area contributed by atoms with Crippen molar-refractivity contribution in [3.8, 4) is 0 Å². The van der Waals surface area contributed by atoms with Crippen molar-refractivity contribution in [3.05, 3.63) is 47.2 Å². The van der Waals surface area contributed by atoms with E-state index in [4.69, 9.17) is 21.7 Å². The van der Waals surface area contributed by atoms with E-state index in [1.165, 1.54) is 30.4 Å². The van der Waals surface area contributed by atoms with Gasteiger partial charge in [-0.05, 0) is 18.5 Å². The number of hydrogen-bond donors (Lipinski definition) is 2. The molecule has 2 unspecified atom stereocenters. The minimum absolute atomic E-state index is 0.175. The van der Waals surface area contributed by atoms with Gasteiger partial charge in [-0.2, -0.15) is 0 Å². The number of fused-ring (bicyclic) bond motifs is 1. The number of carbonyl (C=O) groups excluding carboxylic acids is 3. The Morgan fingerprint density at radius 3 is 2.62 bits per heavy atom. The summed E-state index contributed by atoms with van der Waals surface area (Å²) >= 11 is 7.55. The quantitative estimate of drug-likeness (QED) is 0.328. The number of thiocarbonyl (C=S) groups is 1. The molecule has 2 aliphatic heterocycles. The SMILES string of the molecule is CSC(=S)OC(C(=O)N[C@H]1C(=O)N2C(C(=O)O)=C(COC(C)=O)CSC12)c1ccccc1. The van der Waals surface area contributed by atoms with Gasteiger partial charge in [0.2, 0.25) is 10.5 Å². The highest BCUT2D eigenvalue weighted by molar-refractivity contribution is 8.22. The number of nitrogens with zero attached hydrogens (tertiary/aromatic N) is 1. The molecular weight excluding hydrogens is 476 g/mol. The number of benzene rings is 1. The van der Waals surface area contributed by atoms with E-state index in [2.05, 4.69) is 5.32 Å². The molecule has 1 aromatic rings. The van der Waals surface area contributed by atoms with Crippen molar-refractivity contribution in [2.75, 3.05) is 18.6 Å².